The number of halogens is 1. The van der Waals surface area contributed by atoms with E-state index in [1.54, 1.807) is 11.7 Å². The number of nitrogens with zero attached hydrogens (tertiary/aromatic N) is 3. The van der Waals surface area contributed by atoms with Crippen LogP contribution in [0.15, 0.2) is 87.2 Å². The van der Waals surface area contributed by atoms with Crippen LogP contribution in [0.3, 0.4) is 0 Å². The van der Waals surface area contributed by atoms with E-state index >= 15 is 0 Å². The summed E-state index contributed by atoms with van der Waals surface area (Å²) in [6.45, 7) is 2.29. The van der Waals surface area contributed by atoms with Crippen LogP contribution < -0.4 is 10.3 Å². The smallest absolute Gasteiger partial charge is 0.262 e. The SMILES string of the molecule is COc1ccc(Cn2c(SCc3nc(-c4ccc(Cl)cc4)oc3C)nc3ccccc3c2=O)cc1. The van der Waals surface area contributed by atoms with Crippen LogP contribution in [-0.2, 0) is 12.3 Å². The highest BCUT2D eigenvalue weighted by Crippen LogP contribution is 2.28. The zero-order valence-electron chi connectivity index (χ0n) is 19.2. The number of ether oxygens (including phenoxy) is 1. The molecule has 35 heavy (non-hydrogen) atoms. The van der Waals surface area contributed by atoms with Crippen LogP contribution in [0.2, 0.25) is 5.02 Å². The number of oxazole rings is 1. The van der Waals surface area contributed by atoms with Crippen LogP contribution in [-0.4, -0.2) is 21.6 Å². The van der Waals surface area contributed by atoms with E-state index in [0.29, 0.717) is 39.3 Å². The fraction of sp³-hybridized carbons (Fsp3) is 0.148. The van der Waals surface area contributed by atoms with Crippen molar-refractivity contribution in [2.75, 3.05) is 7.11 Å². The molecule has 5 aromatic rings. The van der Waals surface area contributed by atoms with Gasteiger partial charge in [-0.05, 0) is 61.0 Å². The van der Waals surface area contributed by atoms with Gasteiger partial charge in [0.05, 0.1) is 30.3 Å². The molecule has 0 bridgehead atoms. The van der Waals surface area contributed by atoms with E-state index in [4.69, 9.17) is 25.7 Å². The Morgan fingerprint density at radius 1 is 1.00 bits per heavy atom. The van der Waals surface area contributed by atoms with E-state index in [1.165, 1.54) is 11.8 Å². The molecule has 0 radical (unpaired) electrons. The molecule has 0 amide bonds. The van der Waals surface area contributed by atoms with Gasteiger partial charge in [0.15, 0.2) is 5.16 Å². The van der Waals surface area contributed by atoms with Gasteiger partial charge in [0.2, 0.25) is 5.89 Å². The van der Waals surface area contributed by atoms with Gasteiger partial charge in [-0.2, -0.15) is 0 Å². The van der Waals surface area contributed by atoms with Gasteiger partial charge in [0, 0.05) is 16.3 Å². The molecular weight excluding hydrogens is 482 g/mol. The first-order chi connectivity index (χ1) is 17.0. The summed E-state index contributed by atoms with van der Waals surface area (Å²) in [6.07, 6.45) is 0. The van der Waals surface area contributed by atoms with Crippen molar-refractivity contribution in [2.45, 2.75) is 24.4 Å². The second-order valence-corrected chi connectivity index (χ2v) is 9.35. The Labute approximate surface area is 211 Å². The summed E-state index contributed by atoms with van der Waals surface area (Å²) in [5.41, 5.74) is 3.24. The predicted molar refractivity (Wildman–Crippen MR) is 139 cm³/mol. The normalized spacial score (nSPS) is 11.2. The molecule has 0 unspecified atom stereocenters. The molecule has 0 N–H and O–H groups in total. The number of fused-ring (bicyclic) bond motifs is 1. The van der Waals surface area contributed by atoms with Crippen LogP contribution in [0, 0.1) is 6.92 Å². The maximum absolute atomic E-state index is 13.4. The van der Waals surface area contributed by atoms with Gasteiger partial charge in [-0.1, -0.05) is 47.6 Å². The van der Waals surface area contributed by atoms with Gasteiger partial charge in [0.25, 0.3) is 5.56 Å². The monoisotopic (exact) mass is 503 g/mol. The summed E-state index contributed by atoms with van der Waals surface area (Å²) in [5, 5.41) is 1.87. The molecule has 2 aromatic heterocycles. The molecule has 5 rings (SSSR count). The lowest BCUT2D eigenvalue weighted by molar-refractivity contribution is 0.414. The van der Waals surface area contributed by atoms with Crippen LogP contribution >= 0.6 is 23.4 Å². The summed E-state index contributed by atoms with van der Waals surface area (Å²) < 4.78 is 12.9. The Balaban J connectivity index is 1.47. The minimum Gasteiger partial charge on any atom is -0.497 e. The zero-order chi connectivity index (χ0) is 24.4. The number of rotatable bonds is 7. The lowest BCUT2D eigenvalue weighted by Gasteiger charge is -2.13. The Bertz CT molecular complexity index is 1540. The van der Waals surface area contributed by atoms with Crippen LogP contribution in [0.1, 0.15) is 17.0 Å². The molecule has 8 heteroatoms. The molecule has 0 saturated heterocycles. The zero-order valence-corrected chi connectivity index (χ0v) is 20.8. The third-order valence-electron chi connectivity index (χ3n) is 5.65. The fourth-order valence-corrected chi connectivity index (χ4v) is 4.85. The van der Waals surface area contributed by atoms with Crippen LogP contribution in [0.5, 0.6) is 5.75 Å². The van der Waals surface area contributed by atoms with Gasteiger partial charge >= 0.3 is 0 Å². The van der Waals surface area contributed by atoms with Crippen LogP contribution in [0.4, 0.5) is 0 Å². The van der Waals surface area contributed by atoms with Crippen molar-refractivity contribution in [3.8, 4) is 17.2 Å². The Kier molecular flexibility index (Phi) is 6.61. The number of methoxy groups -OCH3 is 1. The van der Waals surface area contributed by atoms with E-state index < -0.39 is 0 Å². The van der Waals surface area contributed by atoms with Crippen molar-refractivity contribution in [2.24, 2.45) is 0 Å². The molecule has 3 aromatic carbocycles. The molecule has 2 heterocycles. The Morgan fingerprint density at radius 3 is 2.49 bits per heavy atom. The van der Waals surface area contributed by atoms with Gasteiger partial charge in [-0.25, -0.2) is 9.97 Å². The average molecular weight is 504 g/mol. The summed E-state index contributed by atoms with van der Waals surface area (Å²) >= 11 is 7.46. The summed E-state index contributed by atoms with van der Waals surface area (Å²) in [5.74, 6) is 2.55. The largest absolute Gasteiger partial charge is 0.497 e. The topological polar surface area (TPSA) is 70.2 Å². The molecule has 0 aliphatic carbocycles. The highest BCUT2D eigenvalue weighted by atomic mass is 35.5. The summed E-state index contributed by atoms with van der Waals surface area (Å²) in [7, 11) is 1.63. The van der Waals surface area contributed by atoms with Gasteiger partial charge in [0.1, 0.15) is 11.5 Å². The second kappa shape index (κ2) is 9.98. The Hall–Kier alpha value is -3.55. The minimum absolute atomic E-state index is 0.0763. The summed E-state index contributed by atoms with van der Waals surface area (Å²) in [6, 6.07) is 22.5. The van der Waals surface area contributed by atoms with E-state index in [9.17, 15) is 4.79 Å². The standard InChI is InChI=1S/C27H22ClN3O3S/c1-17-24(29-25(34-17)19-9-11-20(28)12-10-19)16-35-27-30-23-6-4-3-5-22(23)26(32)31(27)15-18-7-13-21(33-2)14-8-18/h3-14H,15-16H2,1-2H3. The van der Waals surface area contributed by atoms with Crippen LogP contribution in [0.25, 0.3) is 22.4 Å². The highest BCUT2D eigenvalue weighted by molar-refractivity contribution is 7.98. The molecule has 0 fully saturated rings. The Morgan fingerprint density at radius 2 is 1.74 bits per heavy atom. The van der Waals surface area contributed by atoms with Gasteiger partial charge in [-0.3, -0.25) is 9.36 Å². The maximum atomic E-state index is 13.4. The number of aromatic nitrogens is 3. The predicted octanol–water partition coefficient (Wildman–Crippen LogP) is 6.36. The van der Waals surface area contributed by atoms with Crippen molar-refractivity contribution in [3.63, 3.8) is 0 Å². The van der Waals surface area contributed by atoms with Gasteiger partial charge < -0.3 is 9.15 Å². The molecule has 0 aliphatic rings. The van der Waals surface area contributed by atoms with Crippen molar-refractivity contribution in [1.82, 2.24) is 14.5 Å². The molecule has 176 valence electrons. The highest BCUT2D eigenvalue weighted by Gasteiger charge is 2.16. The first-order valence-corrected chi connectivity index (χ1v) is 12.4. The molecule has 0 aliphatic heterocycles. The number of hydrogen-bond donors (Lipinski definition) is 0. The van der Waals surface area contributed by atoms with Crippen molar-refractivity contribution >= 4 is 34.3 Å². The van der Waals surface area contributed by atoms with E-state index in [2.05, 4.69) is 4.98 Å². The third kappa shape index (κ3) is 4.97. The quantitative estimate of drug-likeness (QED) is 0.190. The van der Waals surface area contributed by atoms with Gasteiger partial charge in [-0.15, -0.1) is 0 Å². The lowest BCUT2D eigenvalue weighted by atomic mass is 10.2. The van der Waals surface area contributed by atoms with Crippen molar-refractivity contribution in [3.05, 3.63) is 105 Å². The van der Waals surface area contributed by atoms with E-state index in [-0.39, 0.29) is 5.56 Å². The first-order valence-electron chi connectivity index (χ1n) is 11.0. The molecule has 0 saturated carbocycles. The van der Waals surface area contributed by atoms with E-state index in [0.717, 1.165) is 28.3 Å². The number of benzene rings is 3. The maximum Gasteiger partial charge on any atom is 0.262 e. The summed E-state index contributed by atoms with van der Waals surface area (Å²) in [4.78, 5) is 22.9. The number of aryl methyl sites for hydroxylation is 1. The molecule has 6 nitrogen and oxygen atoms in total. The molecular formula is C27H22ClN3O3S. The third-order valence-corrected chi connectivity index (χ3v) is 6.89. The number of para-hydroxylation sites is 1. The average Bonchev–Trinajstić information content (AvgIpc) is 3.26. The fourth-order valence-electron chi connectivity index (χ4n) is 3.72. The van der Waals surface area contributed by atoms with Crippen molar-refractivity contribution in [1.29, 1.82) is 0 Å². The first kappa shape index (κ1) is 23.2. The van der Waals surface area contributed by atoms with Crippen molar-refractivity contribution < 1.29 is 9.15 Å². The van der Waals surface area contributed by atoms with E-state index in [1.807, 2.05) is 79.7 Å². The lowest BCUT2D eigenvalue weighted by Crippen LogP contribution is -2.24. The number of hydrogen-bond acceptors (Lipinski definition) is 6. The molecule has 0 atom stereocenters. The number of thioether (sulfide) groups is 1. The second-order valence-electron chi connectivity index (χ2n) is 7.97. The minimum atomic E-state index is -0.0763. The molecule has 0 spiro atoms.